The summed E-state index contributed by atoms with van der Waals surface area (Å²) in [6.07, 6.45) is 2.03. The van der Waals surface area contributed by atoms with Gasteiger partial charge in [0.1, 0.15) is 0 Å². The first-order chi connectivity index (χ1) is 4.20. The molecule has 60 valence electrons. The molecule has 0 aliphatic rings. The summed E-state index contributed by atoms with van der Waals surface area (Å²) in [5, 5.41) is 0. The van der Waals surface area contributed by atoms with E-state index in [-0.39, 0.29) is 17.5 Å². The molecule has 1 atom stereocenters. The number of ether oxygens (including phenoxy) is 1. The average molecular weight is 146 g/mol. The standard InChI is InChI=1S/C7H12O2.H2O/c1-4-6(3)9-7(8)5-2;/h5-6H,2,4H2,1,3H3;1H2. The molecule has 0 spiro atoms. The first-order valence-corrected chi connectivity index (χ1v) is 3.03. The van der Waals surface area contributed by atoms with E-state index in [1.54, 1.807) is 0 Å². The monoisotopic (exact) mass is 146 g/mol. The number of hydrogen-bond donors (Lipinski definition) is 0. The fourth-order valence-corrected chi connectivity index (χ4v) is 0.330. The topological polar surface area (TPSA) is 57.8 Å². The molecule has 3 heteroatoms. The van der Waals surface area contributed by atoms with E-state index in [0.29, 0.717) is 0 Å². The van der Waals surface area contributed by atoms with Crippen molar-refractivity contribution in [1.29, 1.82) is 0 Å². The Morgan fingerprint density at radius 1 is 1.80 bits per heavy atom. The Hall–Kier alpha value is -0.830. The van der Waals surface area contributed by atoms with Gasteiger partial charge in [-0.25, -0.2) is 4.79 Å². The van der Waals surface area contributed by atoms with Crippen molar-refractivity contribution in [2.24, 2.45) is 0 Å². The van der Waals surface area contributed by atoms with Gasteiger partial charge in [0.25, 0.3) is 0 Å². The molecule has 0 aliphatic carbocycles. The van der Waals surface area contributed by atoms with Gasteiger partial charge in [-0.2, -0.15) is 0 Å². The molecule has 0 aromatic heterocycles. The van der Waals surface area contributed by atoms with Gasteiger partial charge in [0.15, 0.2) is 0 Å². The molecule has 0 rings (SSSR count). The van der Waals surface area contributed by atoms with Crippen LogP contribution in [0.25, 0.3) is 0 Å². The lowest BCUT2D eigenvalue weighted by atomic mass is 10.3. The van der Waals surface area contributed by atoms with Gasteiger partial charge in [0.05, 0.1) is 6.10 Å². The van der Waals surface area contributed by atoms with Gasteiger partial charge in [-0.05, 0) is 13.3 Å². The second-order valence-corrected chi connectivity index (χ2v) is 1.86. The third-order valence-electron chi connectivity index (χ3n) is 1.06. The van der Waals surface area contributed by atoms with Crippen molar-refractivity contribution in [2.75, 3.05) is 0 Å². The molecule has 0 aliphatic heterocycles. The van der Waals surface area contributed by atoms with Gasteiger partial charge in [0, 0.05) is 6.08 Å². The predicted octanol–water partition coefficient (Wildman–Crippen LogP) is 0.689. The number of rotatable bonds is 3. The van der Waals surface area contributed by atoms with Crippen LogP contribution in [0.5, 0.6) is 0 Å². The van der Waals surface area contributed by atoms with Gasteiger partial charge in [-0.1, -0.05) is 13.5 Å². The lowest BCUT2D eigenvalue weighted by molar-refractivity contribution is -0.142. The number of esters is 1. The zero-order chi connectivity index (χ0) is 7.28. The largest absolute Gasteiger partial charge is 0.460 e. The van der Waals surface area contributed by atoms with Crippen LogP contribution in [-0.4, -0.2) is 17.5 Å². The van der Waals surface area contributed by atoms with Gasteiger partial charge >= 0.3 is 5.97 Å². The Labute approximate surface area is 61.0 Å². The van der Waals surface area contributed by atoms with Crippen LogP contribution < -0.4 is 0 Å². The van der Waals surface area contributed by atoms with E-state index in [0.717, 1.165) is 6.42 Å². The number of carbonyl (C=O) groups excluding carboxylic acids is 1. The Bertz CT molecular complexity index is 109. The number of carbonyl (C=O) groups is 1. The second kappa shape index (κ2) is 6.29. The summed E-state index contributed by atoms with van der Waals surface area (Å²) >= 11 is 0. The van der Waals surface area contributed by atoms with Crippen LogP contribution in [0.3, 0.4) is 0 Å². The summed E-state index contributed by atoms with van der Waals surface area (Å²) in [6.45, 7) is 7.08. The van der Waals surface area contributed by atoms with Crippen molar-refractivity contribution < 1.29 is 15.0 Å². The molecule has 0 heterocycles. The molecule has 0 aromatic carbocycles. The van der Waals surface area contributed by atoms with Crippen LogP contribution in [0.4, 0.5) is 0 Å². The zero-order valence-corrected chi connectivity index (χ0v) is 6.39. The number of hydrogen-bond acceptors (Lipinski definition) is 2. The maximum Gasteiger partial charge on any atom is 0.330 e. The summed E-state index contributed by atoms with van der Waals surface area (Å²) in [5.41, 5.74) is 0. The van der Waals surface area contributed by atoms with Crippen molar-refractivity contribution in [3.8, 4) is 0 Å². The van der Waals surface area contributed by atoms with E-state index in [4.69, 9.17) is 4.74 Å². The third-order valence-corrected chi connectivity index (χ3v) is 1.06. The van der Waals surface area contributed by atoms with Crippen LogP contribution in [-0.2, 0) is 9.53 Å². The van der Waals surface area contributed by atoms with Crippen LogP contribution in [0.2, 0.25) is 0 Å². The van der Waals surface area contributed by atoms with Gasteiger partial charge in [-0.15, -0.1) is 0 Å². The van der Waals surface area contributed by atoms with E-state index in [1.165, 1.54) is 6.08 Å². The maximum atomic E-state index is 10.4. The highest BCUT2D eigenvalue weighted by Crippen LogP contribution is 1.95. The molecule has 0 radical (unpaired) electrons. The maximum absolute atomic E-state index is 10.4. The highest BCUT2D eigenvalue weighted by molar-refractivity contribution is 5.81. The van der Waals surface area contributed by atoms with Gasteiger partial charge in [0.2, 0.25) is 0 Å². The zero-order valence-electron chi connectivity index (χ0n) is 6.39. The van der Waals surface area contributed by atoms with Crippen LogP contribution in [0.1, 0.15) is 20.3 Å². The Balaban J connectivity index is 0. The normalized spacial score (nSPS) is 11.0. The Morgan fingerprint density at radius 2 is 2.30 bits per heavy atom. The first kappa shape index (κ1) is 11.9. The van der Waals surface area contributed by atoms with Crippen molar-refractivity contribution in [1.82, 2.24) is 0 Å². The minimum Gasteiger partial charge on any atom is -0.460 e. The van der Waals surface area contributed by atoms with E-state index in [1.807, 2.05) is 13.8 Å². The molecule has 0 bridgehead atoms. The van der Waals surface area contributed by atoms with Crippen molar-refractivity contribution >= 4 is 5.97 Å². The average Bonchev–Trinajstić information content (AvgIpc) is 1.87. The summed E-state index contributed by atoms with van der Waals surface area (Å²) in [4.78, 5) is 10.4. The van der Waals surface area contributed by atoms with Crippen molar-refractivity contribution in [3.63, 3.8) is 0 Å². The van der Waals surface area contributed by atoms with E-state index in [9.17, 15) is 4.79 Å². The minimum absolute atomic E-state index is 0. The van der Waals surface area contributed by atoms with Crippen LogP contribution in [0.15, 0.2) is 12.7 Å². The van der Waals surface area contributed by atoms with Crippen LogP contribution in [0, 0.1) is 0 Å². The van der Waals surface area contributed by atoms with Gasteiger partial charge < -0.3 is 10.2 Å². The van der Waals surface area contributed by atoms with E-state index in [2.05, 4.69) is 6.58 Å². The summed E-state index contributed by atoms with van der Waals surface area (Å²) in [6, 6.07) is 0. The smallest absolute Gasteiger partial charge is 0.330 e. The fraction of sp³-hybridized carbons (Fsp3) is 0.571. The van der Waals surface area contributed by atoms with Gasteiger partial charge in [-0.3, -0.25) is 0 Å². The predicted molar refractivity (Wildman–Crippen MR) is 39.7 cm³/mol. The minimum atomic E-state index is -0.343. The molecule has 10 heavy (non-hydrogen) atoms. The quantitative estimate of drug-likeness (QED) is 0.434. The molecule has 0 saturated carbocycles. The van der Waals surface area contributed by atoms with Crippen molar-refractivity contribution in [3.05, 3.63) is 12.7 Å². The fourth-order valence-electron chi connectivity index (χ4n) is 0.330. The molecule has 0 amide bonds. The lowest BCUT2D eigenvalue weighted by Gasteiger charge is -2.07. The van der Waals surface area contributed by atoms with Crippen molar-refractivity contribution in [2.45, 2.75) is 26.4 Å². The molecule has 0 saturated heterocycles. The first-order valence-electron chi connectivity index (χ1n) is 3.03. The Morgan fingerprint density at radius 3 is 2.60 bits per heavy atom. The molecule has 0 fully saturated rings. The van der Waals surface area contributed by atoms with E-state index >= 15 is 0 Å². The highest BCUT2D eigenvalue weighted by Gasteiger charge is 2.01. The second-order valence-electron chi connectivity index (χ2n) is 1.86. The van der Waals surface area contributed by atoms with E-state index < -0.39 is 0 Å². The highest BCUT2D eigenvalue weighted by atomic mass is 16.5. The molecular weight excluding hydrogens is 132 g/mol. The molecule has 1 unspecified atom stereocenters. The summed E-state index contributed by atoms with van der Waals surface area (Å²) in [7, 11) is 0. The van der Waals surface area contributed by atoms with Crippen LogP contribution >= 0.6 is 0 Å². The summed E-state index contributed by atoms with van der Waals surface area (Å²) in [5.74, 6) is -0.343. The molecule has 2 N–H and O–H groups in total. The SMILES string of the molecule is C=CC(=O)OC(C)CC.O. The molecule has 3 nitrogen and oxygen atoms in total. The summed E-state index contributed by atoms with van der Waals surface area (Å²) < 4.78 is 4.79. The lowest BCUT2D eigenvalue weighted by Crippen LogP contribution is -2.10. The molecular formula is C7H14O3. The molecule has 0 aromatic rings. The third kappa shape index (κ3) is 5.31. The Kier molecular flexibility index (Phi) is 7.49.